The van der Waals surface area contributed by atoms with E-state index in [1.165, 1.54) is 6.07 Å². The predicted octanol–water partition coefficient (Wildman–Crippen LogP) is 0.850. The van der Waals surface area contributed by atoms with Gasteiger partial charge in [0.05, 0.1) is 5.56 Å². The highest BCUT2D eigenvalue weighted by atomic mass is 35.5. The molecule has 2 amide bonds. The molecule has 0 radical (unpaired) electrons. The van der Waals surface area contributed by atoms with Gasteiger partial charge in [0.2, 0.25) is 5.91 Å². The fourth-order valence-electron chi connectivity index (χ4n) is 3.17. The van der Waals surface area contributed by atoms with Gasteiger partial charge in [0.15, 0.2) is 0 Å². The maximum atomic E-state index is 12.7. The van der Waals surface area contributed by atoms with E-state index in [0.29, 0.717) is 26.1 Å². The van der Waals surface area contributed by atoms with Crippen LogP contribution in [-0.2, 0) is 4.79 Å². The van der Waals surface area contributed by atoms with Crippen LogP contribution in [0, 0.1) is 0 Å². The summed E-state index contributed by atoms with van der Waals surface area (Å²) in [7, 11) is 0. The molecule has 1 atom stereocenters. The zero-order chi connectivity index (χ0) is 15.5. The van der Waals surface area contributed by atoms with Gasteiger partial charge in [0, 0.05) is 32.7 Å². The molecular weight excluding hydrogens is 318 g/mol. The van der Waals surface area contributed by atoms with E-state index in [-0.39, 0.29) is 35.5 Å². The van der Waals surface area contributed by atoms with E-state index < -0.39 is 6.04 Å². The number of benzene rings is 1. The highest BCUT2D eigenvalue weighted by Gasteiger charge is 2.37. The summed E-state index contributed by atoms with van der Waals surface area (Å²) in [6, 6.07) is 6.10. The Morgan fingerprint density at radius 2 is 1.83 bits per heavy atom. The lowest BCUT2D eigenvalue weighted by molar-refractivity contribution is -0.135. The zero-order valence-corrected chi connectivity index (χ0v) is 13.7. The molecule has 1 aromatic carbocycles. The minimum Gasteiger partial charge on any atom is -0.507 e. The van der Waals surface area contributed by atoms with Gasteiger partial charge in [-0.1, -0.05) is 12.1 Å². The maximum Gasteiger partial charge on any atom is 0.258 e. The monoisotopic (exact) mass is 339 g/mol. The summed E-state index contributed by atoms with van der Waals surface area (Å²) in [4.78, 5) is 28.8. The van der Waals surface area contributed by atoms with Crippen molar-refractivity contribution in [2.24, 2.45) is 0 Å². The van der Waals surface area contributed by atoms with Crippen molar-refractivity contribution < 1.29 is 14.7 Å². The van der Waals surface area contributed by atoms with Crippen molar-refractivity contribution in [1.82, 2.24) is 15.1 Å². The molecule has 7 heteroatoms. The van der Waals surface area contributed by atoms with Gasteiger partial charge in [-0.05, 0) is 25.0 Å². The van der Waals surface area contributed by atoms with Gasteiger partial charge in [0.1, 0.15) is 11.8 Å². The largest absolute Gasteiger partial charge is 0.507 e. The molecule has 6 nitrogen and oxygen atoms in total. The number of para-hydroxylation sites is 1. The standard InChI is InChI=1S/C16H21N3O3.ClH/c20-14-6-2-1-4-12(14)15(21)19-9-3-5-13(19)16(22)18-10-7-17-8-11-18;/h1-2,4,6,13,17,20H,3,5,7-11H2;1H. The van der Waals surface area contributed by atoms with E-state index in [1.54, 1.807) is 23.1 Å². The molecule has 0 aliphatic carbocycles. The third kappa shape index (κ3) is 3.59. The second kappa shape index (κ2) is 7.66. The fraction of sp³-hybridized carbons (Fsp3) is 0.500. The molecule has 2 saturated heterocycles. The molecule has 23 heavy (non-hydrogen) atoms. The van der Waals surface area contributed by atoms with Crippen molar-refractivity contribution in [3.63, 3.8) is 0 Å². The first-order valence-corrected chi connectivity index (χ1v) is 7.77. The Bertz CT molecular complexity index is 575. The predicted molar refractivity (Wildman–Crippen MR) is 88.9 cm³/mol. The summed E-state index contributed by atoms with van der Waals surface area (Å²) in [5, 5.41) is 13.1. The molecule has 0 bridgehead atoms. The average molecular weight is 340 g/mol. The first kappa shape index (κ1) is 17.6. The van der Waals surface area contributed by atoms with E-state index in [4.69, 9.17) is 0 Å². The first-order chi connectivity index (χ1) is 10.7. The van der Waals surface area contributed by atoms with Crippen LogP contribution in [0.15, 0.2) is 24.3 Å². The second-order valence-electron chi connectivity index (χ2n) is 5.75. The number of piperazine rings is 1. The molecule has 2 heterocycles. The molecule has 2 fully saturated rings. The molecule has 2 aliphatic rings. The van der Waals surface area contributed by atoms with Gasteiger partial charge < -0.3 is 20.2 Å². The lowest BCUT2D eigenvalue weighted by atomic mass is 10.1. The minimum atomic E-state index is -0.398. The van der Waals surface area contributed by atoms with Gasteiger partial charge in [-0.2, -0.15) is 0 Å². The van der Waals surface area contributed by atoms with Crippen LogP contribution in [-0.4, -0.2) is 65.5 Å². The minimum absolute atomic E-state index is 0. The van der Waals surface area contributed by atoms with Crippen LogP contribution in [0.5, 0.6) is 5.75 Å². The number of carbonyl (C=O) groups excluding carboxylic acids is 2. The van der Waals surface area contributed by atoms with Crippen LogP contribution in [0.4, 0.5) is 0 Å². The number of hydrogen-bond donors (Lipinski definition) is 2. The van der Waals surface area contributed by atoms with Crippen molar-refractivity contribution in [3.8, 4) is 5.75 Å². The van der Waals surface area contributed by atoms with E-state index in [0.717, 1.165) is 19.5 Å². The van der Waals surface area contributed by atoms with Gasteiger partial charge in [-0.15, -0.1) is 12.4 Å². The number of likely N-dealkylation sites (tertiary alicyclic amines) is 1. The number of aromatic hydroxyl groups is 1. The molecule has 0 aromatic heterocycles. The molecule has 1 aromatic rings. The number of nitrogens with one attached hydrogen (secondary N) is 1. The smallest absolute Gasteiger partial charge is 0.258 e. The van der Waals surface area contributed by atoms with Gasteiger partial charge in [-0.25, -0.2) is 0 Å². The highest BCUT2D eigenvalue weighted by Crippen LogP contribution is 2.25. The number of nitrogens with zero attached hydrogens (tertiary/aromatic N) is 2. The average Bonchev–Trinajstić information content (AvgIpc) is 3.04. The Morgan fingerprint density at radius 1 is 1.13 bits per heavy atom. The molecule has 2 aliphatic heterocycles. The molecule has 2 N–H and O–H groups in total. The Morgan fingerprint density at radius 3 is 2.52 bits per heavy atom. The highest BCUT2D eigenvalue weighted by molar-refractivity contribution is 5.99. The van der Waals surface area contributed by atoms with Crippen LogP contribution >= 0.6 is 12.4 Å². The SMILES string of the molecule is Cl.O=C(C1CCCN1C(=O)c1ccccc1O)N1CCNCC1. The zero-order valence-electron chi connectivity index (χ0n) is 12.9. The Balaban J connectivity index is 0.00000192. The summed E-state index contributed by atoms with van der Waals surface area (Å²) in [6.07, 6.45) is 1.52. The van der Waals surface area contributed by atoms with Crippen LogP contribution in [0.2, 0.25) is 0 Å². The molecule has 126 valence electrons. The number of amides is 2. The number of phenols is 1. The number of carbonyl (C=O) groups is 2. The summed E-state index contributed by atoms with van der Waals surface area (Å²) >= 11 is 0. The quantitative estimate of drug-likeness (QED) is 0.838. The second-order valence-corrected chi connectivity index (χ2v) is 5.75. The lowest BCUT2D eigenvalue weighted by Gasteiger charge is -2.33. The molecular formula is C16H22ClN3O3. The lowest BCUT2D eigenvalue weighted by Crippen LogP contribution is -2.53. The Kier molecular flexibility index (Phi) is 5.85. The van der Waals surface area contributed by atoms with Crippen LogP contribution in [0.25, 0.3) is 0 Å². The molecule has 3 rings (SSSR count). The number of rotatable bonds is 2. The number of halogens is 1. The maximum absolute atomic E-state index is 12.7. The van der Waals surface area contributed by atoms with Crippen molar-refractivity contribution in [3.05, 3.63) is 29.8 Å². The van der Waals surface area contributed by atoms with Crippen LogP contribution in [0.3, 0.4) is 0 Å². The summed E-state index contributed by atoms with van der Waals surface area (Å²) in [6.45, 7) is 3.54. The molecule has 0 saturated carbocycles. The van der Waals surface area contributed by atoms with Gasteiger partial charge in [0.25, 0.3) is 5.91 Å². The van der Waals surface area contributed by atoms with Gasteiger partial charge >= 0.3 is 0 Å². The van der Waals surface area contributed by atoms with Crippen molar-refractivity contribution in [2.75, 3.05) is 32.7 Å². The Labute approximate surface area is 141 Å². The summed E-state index contributed by atoms with van der Waals surface area (Å²) < 4.78 is 0. The van der Waals surface area contributed by atoms with Crippen molar-refractivity contribution in [2.45, 2.75) is 18.9 Å². The topological polar surface area (TPSA) is 72.9 Å². The Hall–Kier alpha value is -1.79. The van der Waals surface area contributed by atoms with Crippen molar-refractivity contribution >= 4 is 24.2 Å². The first-order valence-electron chi connectivity index (χ1n) is 7.77. The van der Waals surface area contributed by atoms with Crippen LogP contribution in [0.1, 0.15) is 23.2 Å². The summed E-state index contributed by atoms with van der Waals surface area (Å²) in [5.41, 5.74) is 0.266. The van der Waals surface area contributed by atoms with E-state index >= 15 is 0 Å². The summed E-state index contributed by atoms with van der Waals surface area (Å²) in [5.74, 6) is -0.264. The number of phenolic OH excluding ortho intramolecular Hbond substituents is 1. The fourth-order valence-corrected chi connectivity index (χ4v) is 3.17. The normalized spacial score (nSPS) is 21.0. The molecule has 1 unspecified atom stereocenters. The van der Waals surface area contributed by atoms with Gasteiger partial charge in [-0.3, -0.25) is 9.59 Å². The van der Waals surface area contributed by atoms with E-state index in [9.17, 15) is 14.7 Å². The molecule has 0 spiro atoms. The number of hydrogen-bond acceptors (Lipinski definition) is 4. The third-order valence-electron chi connectivity index (χ3n) is 4.36. The third-order valence-corrected chi connectivity index (χ3v) is 4.36. The van der Waals surface area contributed by atoms with Crippen molar-refractivity contribution in [1.29, 1.82) is 0 Å². The van der Waals surface area contributed by atoms with E-state index in [1.807, 2.05) is 4.90 Å². The van der Waals surface area contributed by atoms with Crippen LogP contribution < -0.4 is 5.32 Å². The van der Waals surface area contributed by atoms with E-state index in [2.05, 4.69) is 5.32 Å².